The van der Waals surface area contributed by atoms with E-state index in [4.69, 9.17) is 4.74 Å². The Labute approximate surface area is 206 Å². The van der Waals surface area contributed by atoms with Crippen molar-refractivity contribution in [1.29, 1.82) is 0 Å². The Bertz CT molecular complexity index is 1100. The molecule has 35 heavy (non-hydrogen) atoms. The maximum absolute atomic E-state index is 13.0. The summed E-state index contributed by atoms with van der Waals surface area (Å²) in [6.45, 7) is 7.02. The quantitative estimate of drug-likeness (QED) is 0.584. The van der Waals surface area contributed by atoms with E-state index in [0.717, 1.165) is 18.6 Å². The fraction of sp³-hybridized carbons (Fsp3) is 0.560. The van der Waals surface area contributed by atoms with Crippen molar-refractivity contribution < 1.29 is 27.5 Å². The molecule has 0 N–H and O–H groups in total. The first kappa shape index (κ1) is 24.2. The van der Waals surface area contributed by atoms with Crippen molar-refractivity contribution in [2.45, 2.75) is 33.1 Å². The molecule has 0 bridgehead atoms. The van der Waals surface area contributed by atoms with Gasteiger partial charge in [-0.25, -0.2) is 0 Å². The Balaban J connectivity index is 1.23. The number of alkyl halides is 3. The van der Waals surface area contributed by atoms with Crippen molar-refractivity contribution in [3.8, 4) is 0 Å². The van der Waals surface area contributed by atoms with E-state index in [2.05, 4.69) is 18.8 Å². The zero-order valence-electron chi connectivity index (χ0n) is 19.7. The smallest absolute Gasteiger partial charge is 0.376 e. The summed E-state index contributed by atoms with van der Waals surface area (Å²) in [5, 5.41) is 0. The Kier molecular flexibility index (Phi) is 5.95. The number of aromatic nitrogens is 1. The summed E-state index contributed by atoms with van der Waals surface area (Å²) in [5.41, 5.74) is 1.43. The molecule has 1 aliphatic carbocycles. The van der Waals surface area contributed by atoms with Gasteiger partial charge in [0.1, 0.15) is 4.88 Å². The van der Waals surface area contributed by atoms with E-state index in [1.165, 1.54) is 23.5 Å². The molecule has 0 radical (unpaired) electrons. The summed E-state index contributed by atoms with van der Waals surface area (Å²) in [6, 6.07) is 4.96. The third-order valence-electron chi connectivity index (χ3n) is 7.75. The highest BCUT2D eigenvalue weighted by molar-refractivity contribution is 7.11. The molecule has 2 aromatic rings. The highest BCUT2D eigenvalue weighted by Gasteiger charge is 2.60. The third kappa shape index (κ3) is 4.70. The molecule has 2 atom stereocenters. The topological polar surface area (TPSA) is 62.7 Å². The van der Waals surface area contributed by atoms with E-state index in [9.17, 15) is 22.8 Å². The lowest BCUT2D eigenvalue weighted by molar-refractivity contribution is -0.148. The van der Waals surface area contributed by atoms with E-state index in [-0.39, 0.29) is 41.1 Å². The summed E-state index contributed by atoms with van der Waals surface area (Å²) in [6.07, 6.45) is -1.89. The Morgan fingerprint density at radius 1 is 1.14 bits per heavy atom. The highest BCUT2D eigenvalue weighted by Crippen LogP contribution is 2.54. The lowest BCUT2D eigenvalue weighted by Crippen LogP contribution is -2.63. The molecule has 3 aliphatic rings. The molecule has 0 unspecified atom stereocenters. The average molecular weight is 508 g/mol. The van der Waals surface area contributed by atoms with Gasteiger partial charge < -0.3 is 14.5 Å². The summed E-state index contributed by atoms with van der Waals surface area (Å²) in [7, 11) is 0. The van der Waals surface area contributed by atoms with Crippen LogP contribution in [0.15, 0.2) is 36.0 Å². The van der Waals surface area contributed by atoms with Crippen LogP contribution in [0.4, 0.5) is 13.2 Å². The standard InChI is InChI=1S/C25H28F3N3O3S/c1-23(2)7-19(23)21(32)31-13-24(14-31)12-30(22(33)20-8-29-15-35-20)9-18(24)11-34-10-16-3-5-17(6-4-16)25(26,27)28/h3-6,8,15,18-19H,7,9-14H2,1-2H3/t18-,19+/m0/s1. The predicted octanol–water partition coefficient (Wildman–Crippen LogP) is 4.33. The van der Waals surface area contributed by atoms with Crippen molar-refractivity contribution in [3.05, 3.63) is 52.0 Å². The number of likely N-dealkylation sites (tertiary alicyclic amines) is 2. The largest absolute Gasteiger partial charge is 0.416 e. The number of hydrogen-bond donors (Lipinski definition) is 0. The highest BCUT2D eigenvalue weighted by atomic mass is 32.1. The van der Waals surface area contributed by atoms with Crippen LogP contribution < -0.4 is 0 Å². The first-order valence-electron chi connectivity index (χ1n) is 11.7. The zero-order chi connectivity index (χ0) is 25.0. The average Bonchev–Trinajstić information content (AvgIpc) is 3.17. The van der Waals surface area contributed by atoms with Crippen LogP contribution in [0.5, 0.6) is 0 Å². The Morgan fingerprint density at radius 3 is 2.37 bits per heavy atom. The van der Waals surface area contributed by atoms with Crippen molar-refractivity contribution in [2.24, 2.45) is 22.7 Å². The summed E-state index contributed by atoms with van der Waals surface area (Å²) >= 11 is 1.30. The lowest BCUT2D eigenvalue weighted by atomic mass is 9.71. The molecule has 2 saturated heterocycles. The summed E-state index contributed by atoms with van der Waals surface area (Å²) in [5.74, 6) is 0.234. The fourth-order valence-electron chi connectivity index (χ4n) is 5.34. The molecule has 1 aromatic carbocycles. The molecular weight excluding hydrogens is 479 g/mol. The van der Waals surface area contributed by atoms with Crippen LogP contribution in [0.1, 0.15) is 41.1 Å². The number of halogens is 3. The van der Waals surface area contributed by atoms with Gasteiger partial charge in [0.25, 0.3) is 5.91 Å². The Hall–Kier alpha value is -2.46. The van der Waals surface area contributed by atoms with Gasteiger partial charge in [-0.1, -0.05) is 26.0 Å². The van der Waals surface area contributed by atoms with Crippen LogP contribution >= 0.6 is 11.3 Å². The molecule has 6 nitrogen and oxygen atoms in total. The zero-order valence-corrected chi connectivity index (χ0v) is 20.5. The van der Waals surface area contributed by atoms with E-state index < -0.39 is 11.7 Å². The van der Waals surface area contributed by atoms with E-state index in [1.54, 1.807) is 11.7 Å². The maximum Gasteiger partial charge on any atom is 0.416 e. The maximum atomic E-state index is 13.0. The third-order valence-corrected chi connectivity index (χ3v) is 8.51. The number of nitrogens with zero attached hydrogens (tertiary/aromatic N) is 3. The number of thiazole rings is 1. The van der Waals surface area contributed by atoms with Crippen LogP contribution in [-0.2, 0) is 22.3 Å². The van der Waals surface area contributed by atoms with Crippen molar-refractivity contribution in [2.75, 3.05) is 32.8 Å². The van der Waals surface area contributed by atoms with Crippen molar-refractivity contribution >= 4 is 23.2 Å². The first-order chi connectivity index (χ1) is 16.5. The molecule has 2 aliphatic heterocycles. The summed E-state index contributed by atoms with van der Waals surface area (Å²) in [4.78, 5) is 34.2. The Morgan fingerprint density at radius 2 is 1.80 bits per heavy atom. The minimum Gasteiger partial charge on any atom is -0.376 e. The number of benzene rings is 1. The second kappa shape index (κ2) is 8.58. The van der Waals surface area contributed by atoms with Crippen molar-refractivity contribution in [1.82, 2.24) is 14.8 Å². The van der Waals surface area contributed by atoms with Crippen LogP contribution in [-0.4, -0.2) is 59.4 Å². The van der Waals surface area contributed by atoms with Crippen LogP contribution in [0.3, 0.4) is 0 Å². The van der Waals surface area contributed by atoms with Gasteiger partial charge in [0.15, 0.2) is 0 Å². The first-order valence-corrected chi connectivity index (χ1v) is 12.6. The van der Waals surface area contributed by atoms with Crippen LogP contribution in [0.2, 0.25) is 0 Å². The molecule has 3 heterocycles. The van der Waals surface area contributed by atoms with Gasteiger partial charge in [-0.15, -0.1) is 11.3 Å². The predicted molar refractivity (Wildman–Crippen MR) is 124 cm³/mol. The summed E-state index contributed by atoms with van der Waals surface area (Å²) < 4.78 is 44.3. The van der Waals surface area contributed by atoms with Crippen molar-refractivity contribution in [3.63, 3.8) is 0 Å². The molecule has 188 valence electrons. The number of hydrogen-bond acceptors (Lipinski definition) is 5. The molecule has 2 amide bonds. The van der Waals surface area contributed by atoms with Gasteiger partial charge in [-0.3, -0.25) is 14.6 Å². The molecular formula is C25H28F3N3O3S. The van der Waals surface area contributed by atoms with Gasteiger partial charge >= 0.3 is 6.18 Å². The minimum atomic E-state index is -4.37. The lowest BCUT2D eigenvalue weighted by Gasteiger charge is -2.51. The second-order valence-corrected chi connectivity index (χ2v) is 11.6. The monoisotopic (exact) mass is 507 g/mol. The number of ether oxygens (including phenoxy) is 1. The van der Waals surface area contributed by atoms with E-state index >= 15 is 0 Å². The molecule has 1 spiro atoms. The second-order valence-electron chi connectivity index (χ2n) is 10.8. The normalized spacial score (nSPS) is 24.5. The molecule has 3 fully saturated rings. The van der Waals surface area contributed by atoms with Gasteiger partial charge in [-0.2, -0.15) is 13.2 Å². The molecule has 10 heteroatoms. The number of carbonyl (C=O) groups is 2. The van der Waals surface area contributed by atoms with Crippen LogP contribution in [0, 0.1) is 22.7 Å². The SMILES string of the molecule is CC1(C)C[C@@H]1C(=O)N1CC2(CN(C(=O)c3cncs3)C[C@H]2COCc2ccc(C(F)(F)F)cc2)C1. The fourth-order valence-corrected chi connectivity index (χ4v) is 5.93. The minimum absolute atomic E-state index is 0.0325. The molecule has 1 aromatic heterocycles. The van der Waals surface area contributed by atoms with E-state index in [0.29, 0.717) is 43.2 Å². The van der Waals surface area contributed by atoms with Gasteiger partial charge in [0, 0.05) is 43.4 Å². The molecule has 5 rings (SSSR count). The van der Waals surface area contributed by atoms with Gasteiger partial charge in [-0.05, 0) is 29.5 Å². The van der Waals surface area contributed by atoms with Gasteiger partial charge in [0.2, 0.25) is 5.91 Å². The number of carbonyl (C=O) groups excluding carboxylic acids is 2. The number of amides is 2. The molecule has 1 saturated carbocycles. The van der Waals surface area contributed by atoms with Gasteiger partial charge in [0.05, 0.1) is 30.5 Å². The van der Waals surface area contributed by atoms with E-state index in [1.807, 2.05) is 9.80 Å². The number of rotatable bonds is 6. The van der Waals surface area contributed by atoms with Crippen LogP contribution in [0.25, 0.3) is 0 Å².